The predicted octanol–water partition coefficient (Wildman–Crippen LogP) is 22.4. The second-order valence-corrected chi connectivity index (χ2v) is 24.6. The number of benzene rings is 14. The van der Waals surface area contributed by atoms with Gasteiger partial charge in [0.2, 0.25) is 5.69 Å². The summed E-state index contributed by atoms with van der Waals surface area (Å²) in [7, 11) is 0. The van der Waals surface area contributed by atoms with Crippen LogP contribution < -0.4 is 0 Å². The number of para-hydroxylation sites is 8. The topological polar surface area (TPSA) is 57.7 Å². The zero-order valence-electron chi connectivity index (χ0n) is 50.4. The molecule has 0 unspecified atom stereocenters. The van der Waals surface area contributed by atoms with E-state index in [4.69, 9.17) is 4.85 Å². The number of fused-ring (bicyclic) bond motifs is 18. The van der Waals surface area contributed by atoms with Crippen molar-refractivity contribution in [3.05, 3.63) is 320 Å². The van der Waals surface area contributed by atoms with E-state index in [0.29, 0.717) is 16.9 Å². The molecule has 0 radical (unpaired) electrons. The Hall–Kier alpha value is -13.1. The van der Waals surface area contributed by atoms with E-state index in [2.05, 4.69) is 319 Å². The molecule has 0 saturated carbocycles. The second-order valence-electron chi connectivity index (χ2n) is 24.6. The Bertz CT molecular complexity index is 6220. The minimum Gasteiger partial charge on any atom is -0.319 e. The highest BCUT2D eigenvalue weighted by atomic mass is 15.1. The van der Waals surface area contributed by atoms with Crippen LogP contribution in [0, 0.1) is 17.9 Å². The van der Waals surface area contributed by atoms with Crippen LogP contribution in [0.3, 0.4) is 0 Å². The zero-order valence-corrected chi connectivity index (χ0v) is 50.4. The highest BCUT2D eigenvalue weighted by Crippen LogP contribution is 2.49. The van der Waals surface area contributed by atoms with E-state index >= 15 is 0 Å². The Labute approximate surface area is 537 Å². The van der Waals surface area contributed by atoms with Crippen LogP contribution in [0.1, 0.15) is 5.56 Å². The lowest BCUT2D eigenvalue weighted by Crippen LogP contribution is -2.04. The lowest BCUT2D eigenvalue weighted by atomic mass is 9.99. The van der Waals surface area contributed by atoms with E-state index in [1.807, 2.05) is 18.2 Å². The summed E-state index contributed by atoms with van der Waals surface area (Å²) in [5, 5.41) is 24.3. The predicted molar refractivity (Wildman–Crippen MR) is 389 cm³/mol. The third-order valence-electron chi connectivity index (χ3n) is 19.8. The van der Waals surface area contributed by atoms with Gasteiger partial charge in [0.05, 0.1) is 95.8 Å². The molecule has 6 heterocycles. The average Bonchev–Trinajstić information content (AvgIpc) is 1.53. The van der Waals surface area contributed by atoms with Crippen LogP contribution in [0.25, 0.3) is 181 Å². The molecule has 8 heteroatoms. The molecule has 0 aliphatic rings. The van der Waals surface area contributed by atoms with Crippen molar-refractivity contribution in [3.8, 4) is 51.3 Å². The summed E-state index contributed by atoms with van der Waals surface area (Å²) in [5.74, 6) is 0. The van der Waals surface area contributed by atoms with Gasteiger partial charge in [-0.05, 0) is 126 Å². The molecule has 20 rings (SSSR count). The van der Waals surface area contributed by atoms with Crippen LogP contribution in [0.15, 0.2) is 303 Å². The van der Waals surface area contributed by atoms with Crippen molar-refractivity contribution >= 4 is 137 Å². The maximum absolute atomic E-state index is 10.7. The molecule has 0 spiro atoms. The minimum atomic E-state index is 0.450. The lowest BCUT2D eigenvalue weighted by Gasteiger charge is -2.21. The first-order chi connectivity index (χ1) is 46.6. The van der Waals surface area contributed by atoms with E-state index in [1.54, 1.807) is 0 Å². The molecule has 0 amide bonds. The molecular formula is C86H50N8. The molecule has 0 saturated heterocycles. The van der Waals surface area contributed by atoms with Gasteiger partial charge < -0.3 is 27.4 Å². The molecule has 6 aromatic heterocycles. The van der Waals surface area contributed by atoms with Crippen molar-refractivity contribution in [3.63, 3.8) is 0 Å². The van der Waals surface area contributed by atoms with Gasteiger partial charge in [0.25, 0.3) is 0 Å². The van der Waals surface area contributed by atoms with Gasteiger partial charge >= 0.3 is 0 Å². The van der Waals surface area contributed by atoms with E-state index in [0.717, 1.165) is 127 Å². The molecule has 20 aromatic rings. The number of nitrogens with zero attached hydrogens (tertiary/aromatic N) is 8. The second kappa shape index (κ2) is 19.7. The summed E-state index contributed by atoms with van der Waals surface area (Å²) in [6, 6.07) is 111. The van der Waals surface area contributed by atoms with Crippen molar-refractivity contribution in [1.82, 2.24) is 27.4 Å². The van der Waals surface area contributed by atoms with E-state index in [-0.39, 0.29) is 0 Å². The summed E-state index contributed by atoms with van der Waals surface area (Å²) in [6.45, 7) is 9.98. The summed E-state index contributed by atoms with van der Waals surface area (Å²) < 4.78 is 14.2. The molecule has 0 fully saturated rings. The molecular weight excluding hydrogens is 1150 g/mol. The van der Waals surface area contributed by atoms with E-state index < -0.39 is 0 Å². The maximum atomic E-state index is 10.7. The van der Waals surface area contributed by atoms with Gasteiger partial charge in [-0.1, -0.05) is 188 Å². The highest BCUT2D eigenvalue weighted by Gasteiger charge is 2.28. The first kappa shape index (κ1) is 51.7. The fraction of sp³-hybridized carbons (Fsp3) is 0. The number of nitriles is 1. The molecule has 0 bridgehead atoms. The monoisotopic (exact) mass is 1190 g/mol. The van der Waals surface area contributed by atoms with E-state index in [9.17, 15) is 11.8 Å². The molecule has 14 aromatic carbocycles. The lowest BCUT2D eigenvalue weighted by molar-refractivity contribution is 1.12. The van der Waals surface area contributed by atoms with Crippen LogP contribution in [0.4, 0.5) is 5.69 Å². The number of hydrogen-bond acceptors (Lipinski definition) is 1. The van der Waals surface area contributed by atoms with Gasteiger partial charge in [-0.25, -0.2) is 4.85 Å². The van der Waals surface area contributed by atoms with Crippen molar-refractivity contribution in [2.24, 2.45) is 0 Å². The average molecular weight is 1200 g/mol. The molecule has 94 heavy (non-hydrogen) atoms. The van der Waals surface area contributed by atoms with Crippen molar-refractivity contribution in [2.45, 2.75) is 0 Å². The number of rotatable bonds is 7. The van der Waals surface area contributed by atoms with Crippen molar-refractivity contribution < 1.29 is 0 Å². The summed E-state index contributed by atoms with van der Waals surface area (Å²) in [4.78, 5) is 4.88. The van der Waals surface area contributed by atoms with Crippen LogP contribution in [0.2, 0.25) is 0 Å². The molecule has 8 nitrogen and oxygen atoms in total. The quantitative estimate of drug-likeness (QED) is 0.147. The Morgan fingerprint density at radius 1 is 0.255 bits per heavy atom. The first-order valence-electron chi connectivity index (χ1n) is 31.7. The van der Waals surface area contributed by atoms with Gasteiger partial charge in [-0.3, -0.25) is 0 Å². The van der Waals surface area contributed by atoms with Crippen LogP contribution in [0.5, 0.6) is 0 Å². The van der Waals surface area contributed by atoms with E-state index in [1.165, 1.54) is 43.1 Å². The summed E-state index contributed by atoms with van der Waals surface area (Å²) >= 11 is 0. The Morgan fingerprint density at radius 3 is 0.840 bits per heavy atom. The minimum absolute atomic E-state index is 0.450. The summed E-state index contributed by atoms with van der Waals surface area (Å²) in [5.41, 5.74) is 20.6. The third-order valence-corrected chi connectivity index (χ3v) is 19.8. The van der Waals surface area contributed by atoms with Crippen molar-refractivity contribution in [2.75, 3.05) is 0 Å². The Balaban J connectivity index is 0.943. The smallest absolute Gasteiger partial charge is 0.234 e. The highest BCUT2D eigenvalue weighted by molar-refractivity contribution is 6.17. The molecule has 0 aliphatic carbocycles. The number of aromatic nitrogens is 6. The fourth-order valence-electron chi connectivity index (χ4n) is 15.9. The normalized spacial score (nSPS) is 12.0. The largest absolute Gasteiger partial charge is 0.319 e. The van der Waals surface area contributed by atoms with Crippen LogP contribution in [-0.2, 0) is 0 Å². The molecule has 0 aliphatic heterocycles. The third kappa shape index (κ3) is 7.19. The number of hydrogen-bond donors (Lipinski definition) is 0. The SMILES string of the molecule is [C-]#[N+]c1c(-n2c3cc(-n4c5ccccc5c5ccccc54)ccc3c3ccc(-n4c5ccccc5c5ccccc54)cc32)ccc(-c2cccc(C#N)c2)c1-n1c2cc(-n3c4ccccc4c4ccccc43)ccc2c2ccc(-n3c4ccccc4c4ccccc43)cc21. The van der Waals surface area contributed by atoms with Gasteiger partial charge in [-0.2, -0.15) is 5.26 Å². The zero-order chi connectivity index (χ0) is 61.9. The van der Waals surface area contributed by atoms with Gasteiger partial charge in [0, 0.05) is 87.4 Å². The van der Waals surface area contributed by atoms with Gasteiger partial charge in [0.1, 0.15) is 0 Å². The maximum Gasteiger partial charge on any atom is 0.234 e. The first-order valence-corrected chi connectivity index (χ1v) is 31.7. The van der Waals surface area contributed by atoms with Crippen LogP contribution >= 0.6 is 0 Å². The fourth-order valence-corrected chi connectivity index (χ4v) is 15.9. The summed E-state index contributed by atoms with van der Waals surface area (Å²) in [6.07, 6.45) is 0. The van der Waals surface area contributed by atoms with Gasteiger partial charge in [0.15, 0.2) is 0 Å². The van der Waals surface area contributed by atoms with Crippen molar-refractivity contribution in [1.29, 1.82) is 5.26 Å². The molecule has 0 N–H and O–H groups in total. The Kier molecular flexibility index (Phi) is 10.8. The van der Waals surface area contributed by atoms with Gasteiger partial charge in [-0.15, -0.1) is 0 Å². The Morgan fingerprint density at radius 2 is 0.543 bits per heavy atom. The standard InChI is InChI=1S/C86H50N8/c1-88-85-80(93-81-48-55(89-72-29-10-2-21-60(72)61-22-3-11-30-73(61)89)37-41-68(81)69-42-38-56(49-82(69)93)90-74-31-12-4-23-62(74)63-24-5-13-32-75(63)90)46-45-59(54-20-18-19-53(47-54)52-87)86(85)94-83-50-57(91-76-33-14-6-25-64(76)65-26-7-15-34-77(65)91)39-43-70(83)71-44-40-58(51-84(71)94)92-78-35-16-8-27-66(78)67-28-9-17-36-79(67)92/h2-51H. The molecule has 0 atom stereocenters. The molecule has 434 valence electrons. The van der Waals surface area contributed by atoms with Crippen LogP contribution in [-0.4, -0.2) is 27.4 Å².